The second-order valence-electron chi connectivity index (χ2n) is 8.47. The first kappa shape index (κ1) is 19.5. The summed E-state index contributed by atoms with van der Waals surface area (Å²) < 4.78 is 1.48. The van der Waals surface area contributed by atoms with Crippen LogP contribution in [0.1, 0.15) is 25.8 Å². The third-order valence-corrected chi connectivity index (χ3v) is 5.65. The van der Waals surface area contributed by atoms with Crippen LogP contribution in [0.2, 0.25) is 0 Å². The fourth-order valence-electron chi connectivity index (χ4n) is 3.82. The van der Waals surface area contributed by atoms with Crippen LogP contribution in [-0.2, 0) is 12.6 Å². The molecular formula is C22H27N5O2. The smallest absolute Gasteiger partial charge is 0.264 e. The Labute approximate surface area is 169 Å². The number of aryl methyl sites for hydroxylation is 1. The van der Waals surface area contributed by atoms with E-state index >= 15 is 0 Å². The van der Waals surface area contributed by atoms with Crippen LogP contribution in [0.25, 0.3) is 22.2 Å². The van der Waals surface area contributed by atoms with Crippen molar-refractivity contribution in [1.82, 2.24) is 14.5 Å². The monoisotopic (exact) mass is 393 g/mol. The molecule has 1 fully saturated rings. The summed E-state index contributed by atoms with van der Waals surface area (Å²) in [6, 6.07) is 9.89. The standard InChI is InChI=1S/C22H27N5O2/c1-22(2,23)16-6-4-15(5-7-16)17-10-18-19(21(29)26(3)13-24-18)20(25-17)27-9-8-14(11-27)12-28/h4-7,10,13-14,28H,8-9,11-12,23H2,1-3H3. The molecule has 1 aromatic carbocycles. The predicted octanol–water partition coefficient (Wildman–Crippen LogP) is 2.01. The molecule has 1 saturated heterocycles. The van der Waals surface area contributed by atoms with Gasteiger partial charge in [0.25, 0.3) is 5.56 Å². The molecule has 3 heterocycles. The van der Waals surface area contributed by atoms with Crippen LogP contribution < -0.4 is 16.2 Å². The third kappa shape index (κ3) is 3.63. The van der Waals surface area contributed by atoms with E-state index in [0.29, 0.717) is 23.3 Å². The summed E-state index contributed by atoms with van der Waals surface area (Å²) in [5, 5.41) is 10.1. The summed E-state index contributed by atoms with van der Waals surface area (Å²) in [5.74, 6) is 0.840. The van der Waals surface area contributed by atoms with Gasteiger partial charge in [-0.25, -0.2) is 9.97 Å². The molecule has 0 bridgehead atoms. The van der Waals surface area contributed by atoms with Crippen molar-refractivity contribution in [3.8, 4) is 11.3 Å². The average molecular weight is 393 g/mol. The van der Waals surface area contributed by atoms with Gasteiger partial charge < -0.3 is 20.3 Å². The molecule has 7 nitrogen and oxygen atoms in total. The Hall–Kier alpha value is -2.77. The Morgan fingerprint density at radius 2 is 2.00 bits per heavy atom. The highest BCUT2D eigenvalue weighted by Gasteiger charge is 2.26. The van der Waals surface area contributed by atoms with Gasteiger partial charge in [-0.3, -0.25) is 4.79 Å². The number of benzene rings is 1. The molecule has 3 N–H and O–H groups in total. The Morgan fingerprint density at radius 1 is 1.28 bits per heavy atom. The number of pyridine rings is 1. The quantitative estimate of drug-likeness (QED) is 0.704. The molecule has 0 aliphatic carbocycles. The van der Waals surface area contributed by atoms with Gasteiger partial charge in [0.15, 0.2) is 0 Å². The van der Waals surface area contributed by atoms with Crippen molar-refractivity contribution in [3.63, 3.8) is 0 Å². The number of hydrogen-bond acceptors (Lipinski definition) is 6. The van der Waals surface area contributed by atoms with Gasteiger partial charge in [0, 0.05) is 43.8 Å². The number of aromatic nitrogens is 3. The van der Waals surface area contributed by atoms with E-state index in [1.807, 2.05) is 44.2 Å². The number of aliphatic hydroxyl groups excluding tert-OH is 1. The molecule has 0 amide bonds. The molecule has 2 aromatic heterocycles. The second-order valence-corrected chi connectivity index (χ2v) is 8.47. The first-order valence-corrected chi connectivity index (χ1v) is 9.90. The van der Waals surface area contributed by atoms with Crippen LogP contribution in [0.5, 0.6) is 0 Å². The zero-order valence-electron chi connectivity index (χ0n) is 17.1. The summed E-state index contributed by atoms with van der Waals surface area (Å²) >= 11 is 0. The van der Waals surface area contributed by atoms with Crippen molar-refractivity contribution < 1.29 is 5.11 Å². The van der Waals surface area contributed by atoms with Crippen molar-refractivity contribution in [3.05, 3.63) is 52.6 Å². The maximum Gasteiger partial charge on any atom is 0.264 e. The van der Waals surface area contributed by atoms with Crippen molar-refractivity contribution in [1.29, 1.82) is 0 Å². The van der Waals surface area contributed by atoms with Crippen molar-refractivity contribution in [2.75, 3.05) is 24.6 Å². The molecule has 0 saturated carbocycles. The van der Waals surface area contributed by atoms with Crippen molar-refractivity contribution >= 4 is 16.7 Å². The van der Waals surface area contributed by atoms with E-state index in [0.717, 1.165) is 29.8 Å². The lowest BCUT2D eigenvalue weighted by Crippen LogP contribution is -2.28. The Morgan fingerprint density at radius 3 is 2.62 bits per heavy atom. The Balaban J connectivity index is 1.86. The summed E-state index contributed by atoms with van der Waals surface area (Å²) in [6.07, 6.45) is 2.42. The number of nitrogens with zero attached hydrogens (tertiary/aromatic N) is 4. The molecule has 0 radical (unpaired) electrons. The molecule has 4 rings (SSSR count). The summed E-state index contributed by atoms with van der Waals surface area (Å²) in [5.41, 5.74) is 9.05. The molecule has 1 unspecified atom stereocenters. The van der Waals surface area contributed by atoms with Gasteiger partial charge in [-0.1, -0.05) is 24.3 Å². The van der Waals surface area contributed by atoms with Crippen LogP contribution in [0.4, 0.5) is 5.82 Å². The van der Waals surface area contributed by atoms with Gasteiger partial charge in [0.05, 0.1) is 17.5 Å². The van der Waals surface area contributed by atoms with E-state index in [2.05, 4.69) is 9.88 Å². The minimum absolute atomic E-state index is 0.114. The summed E-state index contributed by atoms with van der Waals surface area (Å²) in [7, 11) is 1.69. The first-order chi connectivity index (χ1) is 13.8. The van der Waals surface area contributed by atoms with Crippen molar-refractivity contribution in [2.24, 2.45) is 18.7 Å². The molecule has 1 aliphatic heterocycles. The van der Waals surface area contributed by atoms with Gasteiger partial charge in [-0.15, -0.1) is 0 Å². The van der Waals surface area contributed by atoms with Crippen molar-refractivity contribution in [2.45, 2.75) is 25.8 Å². The SMILES string of the molecule is Cn1cnc2cc(-c3ccc(C(C)(C)N)cc3)nc(N3CCC(CO)C3)c2c1=O. The van der Waals surface area contributed by atoms with Gasteiger partial charge in [-0.2, -0.15) is 0 Å². The summed E-state index contributed by atoms with van der Waals surface area (Å²) in [4.78, 5) is 24.3. The van der Waals surface area contributed by atoms with E-state index in [4.69, 9.17) is 10.7 Å². The number of rotatable bonds is 4. The van der Waals surface area contributed by atoms with Crippen LogP contribution in [0, 0.1) is 5.92 Å². The number of anilines is 1. The van der Waals surface area contributed by atoms with E-state index in [1.54, 1.807) is 13.4 Å². The topological polar surface area (TPSA) is 97.3 Å². The van der Waals surface area contributed by atoms with Gasteiger partial charge in [0.1, 0.15) is 11.2 Å². The highest BCUT2D eigenvalue weighted by atomic mass is 16.3. The zero-order valence-corrected chi connectivity index (χ0v) is 17.1. The molecular weight excluding hydrogens is 366 g/mol. The normalized spacial score (nSPS) is 17.3. The molecule has 152 valence electrons. The largest absolute Gasteiger partial charge is 0.396 e. The fourth-order valence-corrected chi connectivity index (χ4v) is 3.82. The molecule has 29 heavy (non-hydrogen) atoms. The minimum Gasteiger partial charge on any atom is -0.396 e. The van der Waals surface area contributed by atoms with E-state index in [1.165, 1.54) is 4.57 Å². The fraction of sp³-hybridized carbons (Fsp3) is 0.409. The first-order valence-electron chi connectivity index (χ1n) is 9.90. The molecule has 1 atom stereocenters. The Kier molecular flexibility index (Phi) is 4.88. The lowest BCUT2D eigenvalue weighted by molar-refractivity contribution is 0.238. The van der Waals surface area contributed by atoms with Gasteiger partial charge >= 0.3 is 0 Å². The van der Waals surface area contributed by atoms with E-state index in [-0.39, 0.29) is 18.1 Å². The number of nitrogens with two attached hydrogens (primary N) is 1. The maximum absolute atomic E-state index is 12.9. The highest BCUT2D eigenvalue weighted by molar-refractivity contribution is 5.91. The van der Waals surface area contributed by atoms with E-state index < -0.39 is 5.54 Å². The van der Waals surface area contributed by atoms with Crippen LogP contribution in [0.15, 0.2) is 41.5 Å². The second kappa shape index (κ2) is 7.24. The van der Waals surface area contributed by atoms with Crippen LogP contribution in [-0.4, -0.2) is 39.3 Å². The van der Waals surface area contributed by atoms with Gasteiger partial charge in [0.2, 0.25) is 0 Å². The lowest BCUT2D eigenvalue weighted by atomic mass is 9.94. The Bertz CT molecular complexity index is 1100. The average Bonchev–Trinajstić information content (AvgIpc) is 3.19. The number of hydrogen-bond donors (Lipinski definition) is 2. The third-order valence-electron chi connectivity index (χ3n) is 5.65. The predicted molar refractivity (Wildman–Crippen MR) is 115 cm³/mol. The molecule has 1 aliphatic rings. The summed E-state index contributed by atoms with van der Waals surface area (Å²) in [6.45, 7) is 5.52. The highest BCUT2D eigenvalue weighted by Crippen LogP contribution is 2.31. The molecule has 0 spiro atoms. The number of fused-ring (bicyclic) bond motifs is 1. The van der Waals surface area contributed by atoms with Crippen LogP contribution >= 0.6 is 0 Å². The minimum atomic E-state index is -0.414. The van der Waals surface area contributed by atoms with Gasteiger partial charge in [-0.05, 0) is 31.9 Å². The molecule has 7 heteroatoms. The maximum atomic E-state index is 12.9. The lowest BCUT2D eigenvalue weighted by Gasteiger charge is -2.21. The molecule has 3 aromatic rings. The zero-order chi connectivity index (χ0) is 20.8. The van der Waals surface area contributed by atoms with E-state index in [9.17, 15) is 9.90 Å². The number of aliphatic hydroxyl groups is 1. The van der Waals surface area contributed by atoms with Crippen LogP contribution in [0.3, 0.4) is 0 Å².